The summed E-state index contributed by atoms with van der Waals surface area (Å²) in [5.41, 5.74) is 0. The number of carbonyl (C=O) groups is 3. The van der Waals surface area contributed by atoms with E-state index < -0.39 is 11.9 Å². The third-order valence-corrected chi connectivity index (χ3v) is 3.45. The average Bonchev–Trinajstić information content (AvgIpc) is 2.45. The lowest BCUT2D eigenvalue weighted by Gasteiger charge is -2.19. The highest BCUT2D eigenvalue weighted by Gasteiger charge is 2.43. The molecule has 0 radical (unpaired) electrons. The SMILES string of the molecule is CCCC(CN1C(=O)C(C)C(C)C1=O)C(=O)O. The Labute approximate surface area is 101 Å². The lowest BCUT2D eigenvalue weighted by molar-refractivity contribution is -0.146. The van der Waals surface area contributed by atoms with E-state index in [0.29, 0.717) is 6.42 Å². The van der Waals surface area contributed by atoms with E-state index in [-0.39, 0.29) is 30.2 Å². The van der Waals surface area contributed by atoms with E-state index in [2.05, 4.69) is 0 Å². The fourth-order valence-corrected chi connectivity index (χ4v) is 2.07. The van der Waals surface area contributed by atoms with Crippen molar-refractivity contribution in [3.05, 3.63) is 0 Å². The number of imide groups is 1. The van der Waals surface area contributed by atoms with Crippen molar-refractivity contribution in [3.63, 3.8) is 0 Å². The Morgan fingerprint density at radius 1 is 1.29 bits per heavy atom. The minimum atomic E-state index is -0.945. The van der Waals surface area contributed by atoms with E-state index >= 15 is 0 Å². The van der Waals surface area contributed by atoms with Gasteiger partial charge in [0.15, 0.2) is 0 Å². The third-order valence-electron chi connectivity index (χ3n) is 3.45. The third kappa shape index (κ3) is 2.65. The maximum Gasteiger partial charge on any atom is 0.308 e. The molecule has 0 spiro atoms. The molecule has 1 fully saturated rings. The predicted molar refractivity (Wildman–Crippen MR) is 61.1 cm³/mol. The fraction of sp³-hybridized carbons (Fsp3) is 0.750. The van der Waals surface area contributed by atoms with Crippen molar-refractivity contribution >= 4 is 17.8 Å². The van der Waals surface area contributed by atoms with Crippen molar-refractivity contribution in [1.29, 1.82) is 0 Å². The summed E-state index contributed by atoms with van der Waals surface area (Å²) >= 11 is 0. The Morgan fingerprint density at radius 3 is 2.12 bits per heavy atom. The Hall–Kier alpha value is -1.39. The molecule has 5 heteroatoms. The topological polar surface area (TPSA) is 74.7 Å². The molecule has 1 N–H and O–H groups in total. The highest BCUT2D eigenvalue weighted by Crippen LogP contribution is 2.26. The first kappa shape index (κ1) is 13.7. The Bertz CT molecular complexity index is 319. The zero-order valence-electron chi connectivity index (χ0n) is 10.5. The summed E-state index contributed by atoms with van der Waals surface area (Å²) in [7, 11) is 0. The highest BCUT2D eigenvalue weighted by atomic mass is 16.4. The lowest BCUT2D eigenvalue weighted by Crippen LogP contribution is -2.38. The molecule has 96 valence electrons. The van der Waals surface area contributed by atoms with Crippen LogP contribution in [0.15, 0.2) is 0 Å². The van der Waals surface area contributed by atoms with Gasteiger partial charge in [-0.2, -0.15) is 0 Å². The lowest BCUT2D eigenvalue weighted by atomic mass is 10.00. The van der Waals surface area contributed by atoms with Gasteiger partial charge in [-0.15, -0.1) is 0 Å². The minimum Gasteiger partial charge on any atom is -0.481 e. The quantitative estimate of drug-likeness (QED) is 0.732. The van der Waals surface area contributed by atoms with Crippen molar-refractivity contribution in [2.24, 2.45) is 17.8 Å². The molecule has 0 saturated carbocycles. The summed E-state index contributed by atoms with van der Waals surface area (Å²) in [6.07, 6.45) is 1.20. The molecular weight excluding hydrogens is 222 g/mol. The number of carbonyl (C=O) groups excluding carboxylic acids is 2. The van der Waals surface area contributed by atoms with Crippen molar-refractivity contribution < 1.29 is 19.5 Å². The number of hydrogen-bond donors (Lipinski definition) is 1. The second-order valence-corrected chi connectivity index (χ2v) is 4.69. The smallest absolute Gasteiger partial charge is 0.308 e. The first-order valence-electron chi connectivity index (χ1n) is 5.98. The zero-order chi connectivity index (χ0) is 13.2. The minimum absolute atomic E-state index is 0.00944. The standard InChI is InChI=1S/C12H19NO4/c1-4-5-9(12(16)17)6-13-10(14)7(2)8(3)11(13)15/h7-9H,4-6H2,1-3H3,(H,16,17). The summed E-state index contributed by atoms with van der Waals surface area (Å²) in [4.78, 5) is 35.7. The number of nitrogens with zero attached hydrogens (tertiary/aromatic N) is 1. The van der Waals surface area contributed by atoms with Crippen molar-refractivity contribution in [2.75, 3.05) is 6.54 Å². The number of hydrogen-bond acceptors (Lipinski definition) is 3. The number of amides is 2. The molecule has 5 nitrogen and oxygen atoms in total. The van der Waals surface area contributed by atoms with Crippen LogP contribution in [0.4, 0.5) is 0 Å². The monoisotopic (exact) mass is 241 g/mol. The summed E-state index contributed by atoms with van der Waals surface area (Å²) in [6.45, 7) is 5.31. The van der Waals surface area contributed by atoms with Crippen molar-refractivity contribution in [1.82, 2.24) is 4.90 Å². The van der Waals surface area contributed by atoms with E-state index in [1.807, 2.05) is 6.92 Å². The number of aliphatic carboxylic acids is 1. The molecule has 0 bridgehead atoms. The molecule has 1 aliphatic rings. The molecule has 1 aliphatic heterocycles. The van der Waals surface area contributed by atoms with E-state index in [4.69, 9.17) is 5.11 Å². The van der Waals surface area contributed by atoms with Crippen molar-refractivity contribution in [2.45, 2.75) is 33.6 Å². The van der Waals surface area contributed by atoms with E-state index in [1.165, 1.54) is 0 Å². The molecule has 0 aromatic carbocycles. The van der Waals surface area contributed by atoms with Gasteiger partial charge in [0.25, 0.3) is 0 Å². The van der Waals surface area contributed by atoms with Crippen LogP contribution in [0.2, 0.25) is 0 Å². The van der Waals surface area contributed by atoms with Crippen LogP contribution >= 0.6 is 0 Å². The predicted octanol–water partition coefficient (Wildman–Crippen LogP) is 1.13. The summed E-state index contributed by atoms with van der Waals surface area (Å²) in [6, 6.07) is 0. The molecule has 17 heavy (non-hydrogen) atoms. The molecule has 3 unspecified atom stereocenters. The van der Waals surface area contributed by atoms with Gasteiger partial charge in [0, 0.05) is 18.4 Å². The zero-order valence-corrected chi connectivity index (χ0v) is 10.5. The molecule has 1 rings (SSSR count). The van der Waals surface area contributed by atoms with E-state index in [1.54, 1.807) is 13.8 Å². The van der Waals surface area contributed by atoms with Crippen LogP contribution in [0.5, 0.6) is 0 Å². The highest BCUT2D eigenvalue weighted by molar-refractivity contribution is 6.04. The molecular formula is C12H19NO4. The molecule has 0 aromatic rings. The van der Waals surface area contributed by atoms with Crippen LogP contribution in [0.1, 0.15) is 33.6 Å². The number of likely N-dealkylation sites (tertiary alicyclic amines) is 1. The maximum absolute atomic E-state index is 11.8. The summed E-state index contributed by atoms with van der Waals surface area (Å²) < 4.78 is 0. The molecule has 0 aliphatic carbocycles. The van der Waals surface area contributed by atoms with Gasteiger partial charge in [0.1, 0.15) is 0 Å². The molecule has 0 aromatic heterocycles. The second-order valence-electron chi connectivity index (χ2n) is 4.69. The van der Waals surface area contributed by atoms with Gasteiger partial charge in [-0.3, -0.25) is 19.3 Å². The van der Waals surface area contributed by atoms with E-state index in [9.17, 15) is 14.4 Å². The average molecular weight is 241 g/mol. The molecule has 1 saturated heterocycles. The molecule has 2 amide bonds. The van der Waals surface area contributed by atoms with Gasteiger partial charge in [0.2, 0.25) is 11.8 Å². The number of carboxylic acids is 1. The van der Waals surface area contributed by atoms with Gasteiger partial charge in [-0.25, -0.2) is 0 Å². The van der Waals surface area contributed by atoms with Gasteiger partial charge in [-0.1, -0.05) is 27.2 Å². The largest absolute Gasteiger partial charge is 0.481 e. The van der Waals surface area contributed by atoms with E-state index in [0.717, 1.165) is 11.3 Å². The first-order valence-corrected chi connectivity index (χ1v) is 5.98. The summed E-state index contributed by atoms with van der Waals surface area (Å²) in [5.74, 6) is -2.75. The normalized spacial score (nSPS) is 26.4. The van der Waals surface area contributed by atoms with Crippen LogP contribution in [0, 0.1) is 17.8 Å². The van der Waals surface area contributed by atoms with Gasteiger partial charge < -0.3 is 5.11 Å². The van der Waals surface area contributed by atoms with Crippen LogP contribution in [-0.4, -0.2) is 34.3 Å². The Balaban J connectivity index is 2.76. The van der Waals surface area contributed by atoms with Crippen LogP contribution in [0.25, 0.3) is 0 Å². The van der Waals surface area contributed by atoms with Crippen molar-refractivity contribution in [3.8, 4) is 0 Å². The molecule has 3 atom stereocenters. The molecule has 1 heterocycles. The maximum atomic E-state index is 11.8. The first-order chi connectivity index (χ1) is 7.90. The Morgan fingerprint density at radius 2 is 1.76 bits per heavy atom. The summed E-state index contributed by atoms with van der Waals surface area (Å²) in [5, 5.41) is 9.02. The van der Waals surface area contributed by atoms with Crippen LogP contribution < -0.4 is 0 Å². The van der Waals surface area contributed by atoms with Gasteiger partial charge >= 0.3 is 5.97 Å². The number of rotatable bonds is 5. The van der Waals surface area contributed by atoms with Gasteiger partial charge in [-0.05, 0) is 6.42 Å². The second kappa shape index (κ2) is 5.29. The fourth-order valence-electron chi connectivity index (χ4n) is 2.07. The van der Waals surface area contributed by atoms with Crippen LogP contribution in [0.3, 0.4) is 0 Å². The number of carboxylic acid groups (broad SMARTS) is 1. The van der Waals surface area contributed by atoms with Gasteiger partial charge in [0.05, 0.1) is 5.92 Å². The Kier molecular flexibility index (Phi) is 4.26. The van der Waals surface area contributed by atoms with Crippen LogP contribution in [-0.2, 0) is 14.4 Å².